The number of nitrogens with zero attached hydrogens (tertiary/aromatic N) is 2. The van der Waals surface area contributed by atoms with Crippen molar-refractivity contribution in [1.29, 1.82) is 0 Å². The zero-order valence-corrected chi connectivity index (χ0v) is 16.4. The van der Waals surface area contributed by atoms with Crippen molar-refractivity contribution in [2.75, 3.05) is 13.2 Å². The van der Waals surface area contributed by atoms with E-state index >= 15 is 0 Å². The largest absolute Gasteiger partial charge is 0.462 e. The van der Waals surface area contributed by atoms with Gasteiger partial charge in [0.25, 0.3) is 5.56 Å². The van der Waals surface area contributed by atoms with Crippen LogP contribution in [0.5, 0.6) is 0 Å². The number of benzene rings is 2. The summed E-state index contributed by atoms with van der Waals surface area (Å²) in [5.41, 5.74) is 0.461. The third-order valence-electron chi connectivity index (χ3n) is 4.47. The summed E-state index contributed by atoms with van der Waals surface area (Å²) >= 11 is 0. The Bertz CT molecular complexity index is 1210. The van der Waals surface area contributed by atoms with Gasteiger partial charge in [-0.3, -0.25) is 23.5 Å². The topological polar surface area (TPSA) is 99.4 Å². The number of para-hydroxylation sites is 1. The molecule has 0 aliphatic heterocycles. The summed E-state index contributed by atoms with van der Waals surface area (Å²) in [5.74, 6) is -1.10. The molecule has 0 bridgehead atoms. The van der Waals surface area contributed by atoms with E-state index in [1.807, 2.05) is 30.3 Å². The van der Waals surface area contributed by atoms with Crippen LogP contribution >= 0.6 is 0 Å². The normalized spacial score (nSPS) is 11.0. The zero-order chi connectivity index (χ0) is 21.5. The van der Waals surface area contributed by atoms with Crippen LogP contribution in [-0.4, -0.2) is 34.2 Å². The molecule has 0 unspecified atom stereocenters. The van der Waals surface area contributed by atoms with Crippen LogP contribution < -0.4 is 16.6 Å². The van der Waals surface area contributed by atoms with E-state index in [4.69, 9.17) is 4.74 Å². The number of amides is 1. The third-order valence-corrected chi connectivity index (χ3v) is 4.47. The molecule has 0 aliphatic carbocycles. The molecule has 0 fully saturated rings. The summed E-state index contributed by atoms with van der Waals surface area (Å²) in [7, 11) is 1.57. The van der Waals surface area contributed by atoms with Gasteiger partial charge >= 0.3 is 11.7 Å². The van der Waals surface area contributed by atoms with Gasteiger partial charge in [-0.1, -0.05) is 42.5 Å². The lowest BCUT2D eigenvalue weighted by molar-refractivity contribution is -0.143. The Morgan fingerprint density at radius 3 is 2.50 bits per heavy atom. The molecule has 3 aromatic rings. The van der Waals surface area contributed by atoms with Crippen LogP contribution in [0.4, 0.5) is 0 Å². The van der Waals surface area contributed by atoms with Crippen molar-refractivity contribution in [3.63, 3.8) is 0 Å². The van der Waals surface area contributed by atoms with E-state index in [0.717, 1.165) is 10.1 Å². The van der Waals surface area contributed by atoms with Gasteiger partial charge in [0.1, 0.15) is 13.2 Å². The van der Waals surface area contributed by atoms with Crippen LogP contribution in [0.15, 0.2) is 70.3 Å². The minimum Gasteiger partial charge on any atom is -0.462 e. The predicted octanol–water partition coefficient (Wildman–Crippen LogP) is 1.07. The van der Waals surface area contributed by atoms with Gasteiger partial charge in [0.2, 0.25) is 5.91 Å². The second kappa shape index (κ2) is 9.51. The van der Waals surface area contributed by atoms with Crippen LogP contribution in [0.25, 0.3) is 17.0 Å². The summed E-state index contributed by atoms with van der Waals surface area (Å²) < 4.78 is 7.43. The van der Waals surface area contributed by atoms with E-state index in [0.29, 0.717) is 10.9 Å². The summed E-state index contributed by atoms with van der Waals surface area (Å²) in [6.45, 7) is -0.561. The Morgan fingerprint density at radius 2 is 1.73 bits per heavy atom. The molecule has 3 rings (SSSR count). The van der Waals surface area contributed by atoms with Crippen LogP contribution in [0.1, 0.15) is 5.56 Å². The monoisotopic (exact) mass is 407 g/mol. The first-order chi connectivity index (χ1) is 14.5. The first-order valence-electron chi connectivity index (χ1n) is 9.32. The molecular formula is C22H21N3O5. The van der Waals surface area contributed by atoms with Gasteiger partial charge in [0, 0.05) is 13.1 Å². The van der Waals surface area contributed by atoms with Gasteiger partial charge in [-0.2, -0.15) is 0 Å². The van der Waals surface area contributed by atoms with Crippen molar-refractivity contribution >= 4 is 28.9 Å². The fraction of sp³-hybridized carbons (Fsp3) is 0.182. The van der Waals surface area contributed by atoms with Gasteiger partial charge in [-0.05, 0) is 23.8 Å². The lowest BCUT2D eigenvalue weighted by Crippen LogP contribution is -2.40. The number of rotatable bonds is 7. The lowest BCUT2D eigenvalue weighted by Gasteiger charge is -2.11. The highest BCUT2D eigenvalue weighted by molar-refractivity contribution is 5.93. The van der Waals surface area contributed by atoms with Gasteiger partial charge in [0.05, 0.1) is 17.4 Å². The predicted molar refractivity (Wildman–Crippen MR) is 113 cm³/mol. The molecule has 30 heavy (non-hydrogen) atoms. The molecule has 1 heterocycles. The van der Waals surface area contributed by atoms with E-state index in [2.05, 4.69) is 5.32 Å². The number of aromatic nitrogens is 2. The van der Waals surface area contributed by atoms with Crippen molar-refractivity contribution in [3.05, 3.63) is 87.1 Å². The Kier molecular flexibility index (Phi) is 6.59. The molecule has 0 radical (unpaired) electrons. The average Bonchev–Trinajstić information content (AvgIpc) is 2.77. The van der Waals surface area contributed by atoms with Gasteiger partial charge in [-0.15, -0.1) is 0 Å². The molecule has 0 saturated heterocycles. The van der Waals surface area contributed by atoms with Crippen molar-refractivity contribution in [3.8, 4) is 0 Å². The zero-order valence-electron chi connectivity index (χ0n) is 16.4. The molecule has 154 valence electrons. The Labute approximate surface area is 172 Å². The van der Waals surface area contributed by atoms with Crippen LogP contribution in [0.2, 0.25) is 0 Å². The molecule has 8 nitrogen and oxygen atoms in total. The quantitative estimate of drug-likeness (QED) is 0.467. The number of fused-ring (bicyclic) bond motifs is 1. The molecular weight excluding hydrogens is 386 g/mol. The maximum atomic E-state index is 12.5. The van der Waals surface area contributed by atoms with E-state index < -0.39 is 23.1 Å². The number of aryl methyl sites for hydroxylation is 1. The van der Waals surface area contributed by atoms with Crippen LogP contribution in [0.3, 0.4) is 0 Å². The average molecular weight is 407 g/mol. The number of nitrogens with one attached hydrogen (secondary N) is 1. The SMILES string of the molecule is Cn1c(=O)n(CCOC(=O)CNC(=O)/C=C/c2ccccc2)c(=O)c2ccccc21. The van der Waals surface area contributed by atoms with Crippen LogP contribution in [0, 0.1) is 0 Å². The van der Waals surface area contributed by atoms with Crippen molar-refractivity contribution in [2.24, 2.45) is 7.05 Å². The second-order valence-electron chi connectivity index (χ2n) is 6.50. The van der Waals surface area contributed by atoms with E-state index in [-0.39, 0.29) is 19.7 Å². The molecule has 0 saturated carbocycles. The molecule has 1 N–H and O–H groups in total. The molecule has 0 atom stereocenters. The molecule has 2 aromatic carbocycles. The first kappa shape index (κ1) is 20.8. The molecule has 8 heteroatoms. The fourth-order valence-electron chi connectivity index (χ4n) is 2.92. The van der Waals surface area contributed by atoms with Gasteiger partial charge in [0.15, 0.2) is 0 Å². The Hall–Kier alpha value is -3.94. The summed E-state index contributed by atoms with van der Waals surface area (Å²) in [6.07, 6.45) is 2.95. The number of carbonyl (C=O) groups excluding carboxylic acids is 2. The number of hydrogen-bond donors (Lipinski definition) is 1. The third kappa shape index (κ3) is 4.91. The fourth-order valence-corrected chi connectivity index (χ4v) is 2.92. The number of ether oxygens (including phenoxy) is 1. The maximum Gasteiger partial charge on any atom is 0.331 e. The highest BCUT2D eigenvalue weighted by Crippen LogP contribution is 2.05. The lowest BCUT2D eigenvalue weighted by atomic mass is 10.2. The standard InChI is InChI=1S/C22H21N3O5/c1-24-18-10-6-5-9-17(18)21(28)25(22(24)29)13-14-30-20(27)15-23-19(26)12-11-16-7-3-2-4-8-16/h2-12H,13-15H2,1H3,(H,23,26)/b12-11+. The number of hydrogen-bond acceptors (Lipinski definition) is 5. The van der Waals surface area contributed by atoms with Crippen molar-refractivity contribution in [2.45, 2.75) is 6.54 Å². The van der Waals surface area contributed by atoms with Gasteiger partial charge in [-0.25, -0.2) is 4.79 Å². The van der Waals surface area contributed by atoms with E-state index in [9.17, 15) is 19.2 Å². The van der Waals surface area contributed by atoms with Crippen molar-refractivity contribution < 1.29 is 14.3 Å². The molecule has 1 amide bonds. The number of carbonyl (C=O) groups is 2. The minimum absolute atomic E-state index is 0.0794. The highest BCUT2D eigenvalue weighted by Gasteiger charge is 2.11. The van der Waals surface area contributed by atoms with E-state index in [1.54, 1.807) is 37.4 Å². The Morgan fingerprint density at radius 1 is 1.03 bits per heavy atom. The Balaban J connectivity index is 1.53. The first-order valence-corrected chi connectivity index (χ1v) is 9.32. The summed E-state index contributed by atoms with van der Waals surface area (Å²) in [4.78, 5) is 48.5. The van der Waals surface area contributed by atoms with Gasteiger partial charge < -0.3 is 10.1 Å². The molecule has 0 aliphatic rings. The van der Waals surface area contributed by atoms with Crippen LogP contribution in [-0.2, 0) is 27.9 Å². The molecule has 1 aromatic heterocycles. The maximum absolute atomic E-state index is 12.5. The highest BCUT2D eigenvalue weighted by atomic mass is 16.5. The second-order valence-corrected chi connectivity index (χ2v) is 6.50. The smallest absolute Gasteiger partial charge is 0.331 e. The molecule has 0 spiro atoms. The van der Waals surface area contributed by atoms with E-state index in [1.165, 1.54) is 10.6 Å². The summed E-state index contributed by atoms with van der Waals surface area (Å²) in [5, 5.41) is 2.83. The number of esters is 1. The minimum atomic E-state index is -0.665. The van der Waals surface area contributed by atoms with Crippen molar-refractivity contribution in [1.82, 2.24) is 14.5 Å². The summed E-state index contributed by atoms with van der Waals surface area (Å²) in [6, 6.07) is 16.1.